The Morgan fingerprint density at radius 1 is 1.03 bits per heavy atom. The smallest absolute Gasteiger partial charge is 0.273 e. The van der Waals surface area contributed by atoms with Crippen LogP contribution >= 0.6 is 11.6 Å². The molecule has 0 saturated carbocycles. The predicted octanol–water partition coefficient (Wildman–Crippen LogP) is 1.72. The number of amides is 2. The number of anilines is 2. The van der Waals surface area contributed by atoms with Gasteiger partial charge in [-0.3, -0.25) is 9.59 Å². The van der Waals surface area contributed by atoms with Gasteiger partial charge in [-0.25, -0.2) is 9.97 Å². The number of benzene rings is 1. The third-order valence-electron chi connectivity index (χ3n) is 5.66. The second-order valence-electron chi connectivity index (χ2n) is 8.87. The summed E-state index contributed by atoms with van der Waals surface area (Å²) in [6, 6.07) is 7.96. The number of nitrogen functional groups attached to an aromatic ring is 2. The van der Waals surface area contributed by atoms with Gasteiger partial charge in [-0.1, -0.05) is 29.8 Å². The highest BCUT2D eigenvalue weighted by Crippen LogP contribution is 2.18. The van der Waals surface area contributed by atoms with Crippen molar-refractivity contribution in [2.45, 2.75) is 19.3 Å². The molecule has 0 unspecified atom stereocenters. The third-order valence-corrected chi connectivity index (χ3v) is 5.94. The summed E-state index contributed by atoms with van der Waals surface area (Å²) >= 11 is 5.83. The van der Waals surface area contributed by atoms with E-state index in [2.05, 4.69) is 39.7 Å². The molecule has 0 saturated heterocycles. The Bertz CT molecular complexity index is 1160. The van der Waals surface area contributed by atoms with Gasteiger partial charge in [0.15, 0.2) is 22.5 Å². The molecule has 2 amide bonds. The summed E-state index contributed by atoms with van der Waals surface area (Å²) < 4.78 is 0.715. The lowest BCUT2D eigenvalue weighted by molar-refractivity contribution is -0.889. The lowest BCUT2D eigenvalue weighted by Gasteiger charge is -2.30. The molecule has 0 atom stereocenters. The van der Waals surface area contributed by atoms with E-state index in [-0.39, 0.29) is 28.4 Å². The van der Waals surface area contributed by atoms with Gasteiger partial charge in [0.1, 0.15) is 0 Å². The van der Waals surface area contributed by atoms with E-state index < -0.39 is 5.91 Å². The average molecular weight is 488 g/mol. The van der Waals surface area contributed by atoms with Crippen LogP contribution in [0.2, 0.25) is 5.15 Å². The number of hydrogen-bond donors (Lipinski definition) is 5. The van der Waals surface area contributed by atoms with E-state index in [4.69, 9.17) is 23.1 Å². The fourth-order valence-electron chi connectivity index (χ4n) is 3.68. The number of nitrogens with two attached hydrogens (primary N) is 2. The number of aromatic nitrogens is 3. The molecular weight excluding hydrogens is 456 g/mol. The Balaban J connectivity index is 1.33. The number of nitrogens with zero attached hydrogens (tertiary/aromatic N) is 3. The van der Waals surface area contributed by atoms with E-state index in [1.807, 2.05) is 30.5 Å². The molecule has 0 aliphatic rings. The summed E-state index contributed by atoms with van der Waals surface area (Å²) in [6.07, 6.45) is 4.08. The van der Waals surface area contributed by atoms with E-state index in [0.717, 1.165) is 35.9 Å². The number of nitrogens with one attached hydrogen (secondary N) is 3. The first-order chi connectivity index (χ1) is 16.2. The summed E-state index contributed by atoms with van der Waals surface area (Å²) in [7, 11) is 4.19. The molecule has 0 fully saturated rings. The predicted molar refractivity (Wildman–Crippen MR) is 134 cm³/mol. The van der Waals surface area contributed by atoms with Crippen molar-refractivity contribution in [3.8, 4) is 0 Å². The Hall–Kier alpha value is -3.37. The van der Waals surface area contributed by atoms with E-state index in [1.54, 1.807) is 0 Å². The third kappa shape index (κ3) is 6.82. The first-order valence-corrected chi connectivity index (χ1v) is 11.5. The molecule has 0 radical (unpaired) electrons. The van der Waals surface area contributed by atoms with E-state index in [0.29, 0.717) is 30.5 Å². The number of unbranched alkanes of at least 4 members (excludes halogenated alkanes) is 1. The molecule has 0 aliphatic heterocycles. The largest absolute Gasteiger partial charge is 0.382 e. The van der Waals surface area contributed by atoms with Crippen LogP contribution in [0.3, 0.4) is 0 Å². The van der Waals surface area contributed by atoms with Gasteiger partial charge in [0.25, 0.3) is 5.91 Å². The molecule has 10 nitrogen and oxygen atoms in total. The molecular formula is C23H32ClN8O2+. The number of halogens is 1. The van der Waals surface area contributed by atoms with Crippen molar-refractivity contribution in [3.05, 3.63) is 46.9 Å². The summed E-state index contributed by atoms with van der Waals surface area (Å²) in [6.45, 7) is 2.70. The maximum Gasteiger partial charge on any atom is 0.273 e. The maximum absolute atomic E-state index is 12.3. The van der Waals surface area contributed by atoms with Gasteiger partial charge in [0.2, 0.25) is 5.91 Å². The molecule has 2 aromatic heterocycles. The van der Waals surface area contributed by atoms with Crippen LogP contribution in [0.5, 0.6) is 0 Å². The van der Waals surface area contributed by atoms with Gasteiger partial charge in [-0.2, -0.15) is 0 Å². The van der Waals surface area contributed by atoms with Gasteiger partial charge >= 0.3 is 0 Å². The quantitative estimate of drug-likeness (QED) is 0.205. The lowest BCUT2D eigenvalue weighted by Crippen LogP contribution is -2.46. The fourth-order valence-corrected chi connectivity index (χ4v) is 3.81. The summed E-state index contributed by atoms with van der Waals surface area (Å²) in [5, 5.41) is 6.83. The molecule has 0 spiro atoms. The number of aromatic amines is 1. The highest BCUT2D eigenvalue weighted by Gasteiger charge is 2.18. The fraction of sp³-hybridized carbons (Fsp3) is 0.391. The average Bonchev–Trinajstić information content (AvgIpc) is 3.18. The van der Waals surface area contributed by atoms with Crippen molar-refractivity contribution in [1.29, 1.82) is 0 Å². The summed E-state index contributed by atoms with van der Waals surface area (Å²) in [4.78, 5) is 35.5. The molecule has 3 rings (SSSR count). The van der Waals surface area contributed by atoms with Crippen LogP contribution in [0.15, 0.2) is 30.5 Å². The Labute approximate surface area is 203 Å². The van der Waals surface area contributed by atoms with Crippen LogP contribution in [0.4, 0.5) is 11.6 Å². The molecule has 182 valence electrons. The maximum atomic E-state index is 12.3. The van der Waals surface area contributed by atoms with Crippen molar-refractivity contribution in [1.82, 2.24) is 25.6 Å². The Morgan fingerprint density at radius 2 is 1.79 bits per heavy atom. The number of H-pyrrole nitrogens is 1. The number of carbonyl (C=O) groups excluding carboxylic acids is 2. The summed E-state index contributed by atoms with van der Waals surface area (Å²) in [5.41, 5.74) is 13.3. The first-order valence-electron chi connectivity index (χ1n) is 11.2. The van der Waals surface area contributed by atoms with Crippen LogP contribution in [0.25, 0.3) is 10.9 Å². The minimum atomic E-state index is -0.440. The van der Waals surface area contributed by atoms with Gasteiger partial charge in [0.05, 0.1) is 40.2 Å². The zero-order chi connectivity index (χ0) is 24.7. The van der Waals surface area contributed by atoms with Gasteiger partial charge < -0.3 is 31.6 Å². The number of para-hydroxylation sites is 1. The summed E-state index contributed by atoms with van der Waals surface area (Å²) in [5.74, 6) is -0.487. The van der Waals surface area contributed by atoms with Crippen molar-refractivity contribution < 1.29 is 14.1 Å². The molecule has 0 aliphatic carbocycles. The number of quaternary nitrogens is 1. The van der Waals surface area contributed by atoms with Gasteiger partial charge in [-0.05, 0) is 24.5 Å². The number of fused-ring (bicyclic) bond motifs is 1. The molecule has 7 N–H and O–H groups in total. The number of hydrogen-bond acceptors (Lipinski definition) is 6. The van der Waals surface area contributed by atoms with Crippen molar-refractivity contribution >= 4 is 46.0 Å². The topological polar surface area (TPSA) is 152 Å². The van der Waals surface area contributed by atoms with Crippen LogP contribution in [0, 0.1) is 0 Å². The Morgan fingerprint density at radius 3 is 2.59 bits per heavy atom. The van der Waals surface area contributed by atoms with E-state index >= 15 is 0 Å². The minimum absolute atomic E-state index is 0.0114. The second-order valence-corrected chi connectivity index (χ2v) is 9.22. The molecule has 3 aromatic rings. The SMILES string of the molecule is C[N+](C)(CCCCNC(=O)Cc1c[nH]c2ccccc12)CCNC(=O)c1nc(Cl)c(N)nc1N. The number of rotatable bonds is 11. The second kappa shape index (κ2) is 11.2. The van der Waals surface area contributed by atoms with Crippen molar-refractivity contribution in [2.75, 3.05) is 51.7 Å². The van der Waals surface area contributed by atoms with Gasteiger partial charge in [-0.15, -0.1) is 0 Å². The number of carbonyl (C=O) groups is 2. The van der Waals surface area contributed by atoms with Crippen molar-refractivity contribution in [3.63, 3.8) is 0 Å². The van der Waals surface area contributed by atoms with Crippen LogP contribution < -0.4 is 22.1 Å². The van der Waals surface area contributed by atoms with Crippen molar-refractivity contribution in [2.24, 2.45) is 0 Å². The highest BCUT2D eigenvalue weighted by molar-refractivity contribution is 6.31. The molecule has 2 heterocycles. The standard InChI is InChI=1S/C23H31ClN8O2/c1-32(2,12-10-28-23(34)19-21(25)31-22(26)20(24)30-19)11-6-5-9-27-18(33)13-15-14-29-17-8-4-3-7-16(15)17/h3-4,7-8,14,29H,5-6,9-13H2,1-2H3,(H5-,25,26,27,28,31,33,34)/p+1. The zero-order valence-electron chi connectivity index (χ0n) is 19.5. The zero-order valence-corrected chi connectivity index (χ0v) is 20.3. The monoisotopic (exact) mass is 487 g/mol. The minimum Gasteiger partial charge on any atom is -0.382 e. The highest BCUT2D eigenvalue weighted by atomic mass is 35.5. The number of likely N-dealkylation sites (N-methyl/N-ethyl adjacent to an activating group) is 1. The normalized spacial score (nSPS) is 11.5. The molecule has 1 aromatic carbocycles. The molecule has 11 heteroatoms. The Kier molecular flexibility index (Phi) is 8.30. The lowest BCUT2D eigenvalue weighted by atomic mass is 10.1. The van der Waals surface area contributed by atoms with Gasteiger partial charge in [0, 0.05) is 23.6 Å². The van der Waals surface area contributed by atoms with E-state index in [9.17, 15) is 9.59 Å². The van der Waals surface area contributed by atoms with Crippen LogP contribution in [0.1, 0.15) is 28.9 Å². The van der Waals surface area contributed by atoms with Crippen LogP contribution in [-0.4, -0.2) is 71.5 Å². The van der Waals surface area contributed by atoms with E-state index in [1.165, 1.54) is 0 Å². The molecule has 34 heavy (non-hydrogen) atoms. The first kappa shape index (κ1) is 25.3. The van der Waals surface area contributed by atoms with Crippen LogP contribution in [-0.2, 0) is 11.2 Å². The molecule has 0 bridgehead atoms.